The maximum Gasteiger partial charge on any atom is 0.146 e. The molecule has 0 aromatic carbocycles. The zero-order chi connectivity index (χ0) is 18.7. The van der Waals surface area contributed by atoms with Crippen LogP contribution in [0.2, 0.25) is 0 Å². The molecule has 3 rings (SSSR count). The van der Waals surface area contributed by atoms with Crippen molar-refractivity contribution in [2.45, 2.75) is 39.2 Å². The molecule has 142 valence electrons. The van der Waals surface area contributed by atoms with Crippen molar-refractivity contribution >= 4 is 5.82 Å². The number of likely N-dealkylation sites (N-methyl/N-ethyl adjacent to an activating group) is 1. The molecule has 8 heteroatoms. The minimum Gasteiger partial charge on any atom is -0.395 e. The predicted molar refractivity (Wildman–Crippen MR) is 100 cm³/mol. The van der Waals surface area contributed by atoms with Gasteiger partial charge in [0.25, 0.3) is 0 Å². The van der Waals surface area contributed by atoms with Gasteiger partial charge in [-0.15, -0.1) is 10.2 Å². The number of nitrogens with zero attached hydrogens (tertiary/aromatic N) is 7. The van der Waals surface area contributed by atoms with Crippen LogP contribution in [0.5, 0.6) is 0 Å². The summed E-state index contributed by atoms with van der Waals surface area (Å²) in [6.07, 6.45) is 3.74. The number of aliphatic hydroxyl groups is 1. The molecule has 0 saturated carbocycles. The van der Waals surface area contributed by atoms with Crippen LogP contribution in [0.15, 0.2) is 6.33 Å². The average Bonchev–Trinajstić information content (AvgIpc) is 2.98. The van der Waals surface area contributed by atoms with Crippen LogP contribution >= 0.6 is 0 Å². The van der Waals surface area contributed by atoms with E-state index in [9.17, 15) is 0 Å². The van der Waals surface area contributed by atoms with Crippen molar-refractivity contribution in [2.75, 3.05) is 38.2 Å². The van der Waals surface area contributed by atoms with E-state index in [2.05, 4.69) is 41.5 Å². The molecule has 1 aliphatic rings. The van der Waals surface area contributed by atoms with Crippen molar-refractivity contribution in [3.63, 3.8) is 0 Å². The van der Waals surface area contributed by atoms with Crippen molar-refractivity contribution in [1.29, 1.82) is 0 Å². The second-order valence-corrected chi connectivity index (χ2v) is 7.16. The molecule has 0 atom stereocenters. The van der Waals surface area contributed by atoms with Crippen LogP contribution in [0.1, 0.15) is 41.7 Å². The van der Waals surface area contributed by atoms with Gasteiger partial charge in [0.05, 0.1) is 13.2 Å². The van der Waals surface area contributed by atoms with Crippen molar-refractivity contribution in [3.8, 4) is 0 Å². The number of anilines is 1. The van der Waals surface area contributed by atoms with Gasteiger partial charge in [-0.05, 0) is 33.7 Å². The zero-order valence-electron chi connectivity index (χ0n) is 16.2. The number of aromatic nitrogens is 5. The SMILES string of the molecule is Cc1ncnc(N2CCC(c3nnc(CN(C)CCO)n3C)CC2)c1C. The van der Waals surface area contributed by atoms with E-state index in [4.69, 9.17) is 5.11 Å². The summed E-state index contributed by atoms with van der Waals surface area (Å²) in [7, 11) is 4.02. The summed E-state index contributed by atoms with van der Waals surface area (Å²) in [5.41, 5.74) is 2.21. The van der Waals surface area contributed by atoms with Crippen molar-refractivity contribution in [3.05, 3.63) is 29.2 Å². The summed E-state index contributed by atoms with van der Waals surface area (Å²) in [4.78, 5) is 13.2. The summed E-state index contributed by atoms with van der Waals surface area (Å²) >= 11 is 0. The molecule has 2 aromatic rings. The van der Waals surface area contributed by atoms with Gasteiger partial charge in [-0.25, -0.2) is 9.97 Å². The van der Waals surface area contributed by atoms with E-state index in [1.165, 1.54) is 5.56 Å². The fraction of sp³-hybridized carbons (Fsp3) is 0.667. The second-order valence-electron chi connectivity index (χ2n) is 7.16. The molecule has 1 N–H and O–H groups in total. The minimum atomic E-state index is 0.154. The molecule has 0 unspecified atom stereocenters. The van der Waals surface area contributed by atoms with Crippen LogP contribution in [-0.4, -0.2) is 68.0 Å². The molecule has 26 heavy (non-hydrogen) atoms. The van der Waals surface area contributed by atoms with Gasteiger partial charge in [-0.3, -0.25) is 4.90 Å². The molecule has 1 aliphatic heterocycles. The van der Waals surface area contributed by atoms with Crippen LogP contribution < -0.4 is 4.90 Å². The van der Waals surface area contributed by atoms with E-state index in [1.54, 1.807) is 6.33 Å². The lowest BCUT2D eigenvalue weighted by atomic mass is 9.95. The molecule has 3 heterocycles. The van der Waals surface area contributed by atoms with Crippen molar-refractivity contribution in [2.24, 2.45) is 7.05 Å². The van der Waals surface area contributed by atoms with Gasteiger partial charge in [0.2, 0.25) is 0 Å². The Morgan fingerprint density at radius 2 is 1.92 bits per heavy atom. The maximum atomic E-state index is 9.05. The standard InChI is InChI=1S/C18H29N7O/c1-13-14(2)19-12-20-17(13)25-7-5-15(6-8-25)18-22-21-16(24(18)4)11-23(3)9-10-26/h12,15,26H,5-11H2,1-4H3. The quantitative estimate of drug-likeness (QED) is 0.825. The first-order valence-corrected chi connectivity index (χ1v) is 9.22. The fourth-order valence-electron chi connectivity index (χ4n) is 3.55. The Kier molecular flexibility index (Phi) is 5.83. The number of hydrogen-bond acceptors (Lipinski definition) is 7. The highest BCUT2D eigenvalue weighted by Crippen LogP contribution is 2.30. The van der Waals surface area contributed by atoms with Gasteiger partial charge in [-0.1, -0.05) is 0 Å². The second kappa shape index (κ2) is 8.09. The molecule has 0 amide bonds. The lowest BCUT2D eigenvalue weighted by Gasteiger charge is -2.33. The van der Waals surface area contributed by atoms with Gasteiger partial charge >= 0.3 is 0 Å². The van der Waals surface area contributed by atoms with Gasteiger partial charge in [0.15, 0.2) is 0 Å². The Bertz CT molecular complexity index is 737. The molecule has 1 fully saturated rings. The smallest absolute Gasteiger partial charge is 0.146 e. The van der Waals surface area contributed by atoms with Gasteiger partial charge in [0, 0.05) is 43.9 Å². The Morgan fingerprint density at radius 1 is 1.19 bits per heavy atom. The lowest BCUT2D eigenvalue weighted by molar-refractivity contribution is 0.213. The molecular formula is C18H29N7O. The highest BCUT2D eigenvalue weighted by Gasteiger charge is 2.26. The van der Waals surface area contributed by atoms with E-state index < -0.39 is 0 Å². The van der Waals surface area contributed by atoms with E-state index in [-0.39, 0.29) is 6.61 Å². The largest absolute Gasteiger partial charge is 0.395 e. The summed E-state index contributed by atoms with van der Waals surface area (Å²) in [6.45, 7) is 7.54. The zero-order valence-corrected chi connectivity index (χ0v) is 16.2. The highest BCUT2D eigenvalue weighted by atomic mass is 16.3. The average molecular weight is 359 g/mol. The molecule has 0 spiro atoms. The van der Waals surface area contributed by atoms with Crippen molar-refractivity contribution in [1.82, 2.24) is 29.6 Å². The summed E-state index contributed by atoms with van der Waals surface area (Å²) in [5, 5.41) is 17.9. The topological polar surface area (TPSA) is 83.2 Å². The Hall–Kier alpha value is -2.06. The van der Waals surface area contributed by atoms with Gasteiger partial charge in [-0.2, -0.15) is 0 Å². The third-order valence-electron chi connectivity index (χ3n) is 5.36. The summed E-state index contributed by atoms with van der Waals surface area (Å²) in [6, 6.07) is 0. The van der Waals surface area contributed by atoms with E-state index in [0.717, 1.165) is 49.1 Å². The predicted octanol–water partition coefficient (Wildman–Crippen LogP) is 1.03. The maximum absolute atomic E-state index is 9.05. The Labute approximate surface area is 154 Å². The Morgan fingerprint density at radius 3 is 2.62 bits per heavy atom. The Balaban J connectivity index is 1.65. The molecule has 0 aliphatic carbocycles. The van der Waals surface area contributed by atoms with Crippen LogP contribution in [0.4, 0.5) is 5.82 Å². The molecule has 1 saturated heterocycles. The first-order chi connectivity index (χ1) is 12.5. The molecule has 2 aromatic heterocycles. The number of rotatable bonds is 6. The minimum absolute atomic E-state index is 0.154. The third kappa shape index (κ3) is 3.86. The van der Waals surface area contributed by atoms with Gasteiger partial charge < -0.3 is 14.6 Å². The van der Waals surface area contributed by atoms with Crippen LogP contribution in [0.25, 0.3) is 0 Å². The number of aliphatic hydroxyl groups excluding tert-OH is 1. The number of aryl methyl sites for hydroxylation is 1. The highest BCUT2D eigenvalue weighted by molar-refractivity contribution is 5.47. The molecule has 0 radical (unpaired) electrons. The first-order valence-electron chi connectivity index (χ1n) is 9.22. The van der Waals surface area contributed by atoms with Crippen molar-refractivity contribution < 1.29 is 5.11 Å². The number of piperidine rings is 1. The van der Waals surface area contributed by atoms with E-state index >= 15 is 0 Å². The molecule has 8 nitrogen and oxygen atoms in total. The van der Waals surface area contributed by atoms with E-state index in [0.29, 0.717) is 19.0 Å². The fourth-order valence-corrected chi connectivity index (χ4v) is 3.55. The molecular weight excluding hydrogens is 330 g/mol. The summed E-state index contributed by atoms with van der Waals surface area (Å²) < 4.78 is 2.12. The summed E-state index contributed by atoms with van der Waals surface area (Å²) in [5.74, 6) is 3.48. The lowest BCUT2D eigenvalue weighted by Crippen LogP contribution is -2.35. The van der Waals surface area contributed by atoms with Crippen LogP contribution in [-0.2, 0) is 13.6 Å². The first kappa shape index (κ1) is 18.7. The monoisotopic (exact) mass is 359 g/mol. The van der Waals surface area contributed by atoms with E-state index in [1.807, 2.05) is 21.0 Å². The van der Waals surface area contributed by atoms with Crippen LogP contribution in [0, 0.1) is 13.8 Å². The van der Waals surface area contributed by atoms with Crippen LogP contribution in [0.3, 0.4) is 0 Å². The van der Waals surface area contributed by atoms with Gasteiger partial charge in [0.1, 0.15) is 23.8 Å². The number of hydrogen-bond donors (Lipinski definition) is 1. The third-order valence-corrected chi connectivity index (χ3v) is 5.36. The normalized spacial score (nSPS) is 15.8. The molecule has 0 bridgehead atoms.